The minimum absolute atomic E-state index is 0.101. The van der Waals surface area contributed by atoms with Gasteiger partial charge >= 0.3 is 0 Å². The standard InChI is InChI=1S/C24H23ClN2O3/c25-18-7-3-1-6-16(18)14-22-23(28)26-19-13-17(9-10-21(19)30-22)24(29)27-12-11-15-5-2-4-8-20(15)27/h1-8,14,17,19,21H,9-13H2,(H,26,28)/b22-14-. The van der Waals surface area contributed by atoms with Crippen LogP contribution in [0.25, 0.3) is 6.08 Å². The Morgan fingerprint density at radius 1 is 1.13 bits per heavy atom. The molecule has 1 N–H and O–H groups in total. The molecule has 5 nitrogen and oxygen atoms in total. The molecule has 1 saturated carbocycles. The highest BCUT2D eigenvalue weighted by atomic mass is 35.5. The van der Waals surface area contributed by atoms with Gasteiger partial charge in [-0.15, -0.1) is 0 Å². The van der Waals surface area contributed by atoms with Crippen LogP contribution >= 0.6 is 11.6 Å². The molecule has 2 heterocycles. The SMILES string of the molecule is O=C1NC2CC(C(=O)N3CCc4ccccc43)CCC2O/C1=C\c1ccccc1Cl. The molecule has 30 heavy (non-hydrogen) atoms. The van der Waals surface area contributed by atoms with E-state index in [9.17, 15) is 9.59 Å². The van der Waals surface area contributed by atoms with Gasteiger partial charge in [0.05, 0.1) is 6.04 Å². The van der Waals surface area contributed by atoms with Gasteiger partial charge in [0.25, 0.3) is 5.91 Å². The van der Waals surface area contributed by atoms with Crippen molar-refractivity contribution in [3.05, 3.63) is 70.4 Å². The zero-order valence-electron chi connectivity index (χ0n) is 16.5. The van der Waals surface area contributed by atoms with Gasteiger partial charge < -0.3 is 15.0 Å². The lowest BCUT2D eigenvalue weighted by Crippen LogP contribution is -2.55. The number of benzene rings is 2. The third-order valence-electron chi connectivity index (χ3n) is 6.30. The number of fused-ring (bicyclic) bond motifs is 2. The van der Waals surface area contributed by atoms with Gasteiger partial charge in [0.2, 0.25) is 5.91 Å². The summed E-state index contributed by atoms with van der Waals surface area (Å²) in [5, 5.41) is 3.63. The quantitative estimate of drug-likeness (QED) is 0.745. The molecule has 6 heteroatoms. The molecule has 1 aliphatic carbocycles. The van der Waals surface area contributed by atoms with Crippen molar-refractivity contribution in [3.63, 3.8) is 0 Å². The number of nitrogens with zero attached hydrogens (tertiary/aromatic N) is 1. The van der Waals surface area contributed by atoms with Crippen molar-refractivity contribution in [2.24, 2.45) is 5.92 Å². The summed E-state index contributed by atoms with van der Waals surface area (Å²) in [6.07, 6.45) is 4.56. The van der Waals surface area contributed by atoms with E-state index in [1.807, 2.05) is 41.3 Å². The van der Waals surface area contributed by atoms with Crippen molar-refractivity contribution in [1.29, 1.82) is 0 Å². The molecule has 2 amide bonds. The minimum Gasteiger partial charge on any atom is -0.483 e. The topological polar surface area (TPSA) is 58.6 Å². The Bertz CT molecular complexity index is 1030. The van der Waals surface area contributed by atoms with Crippen LogP contribution in [0.1, 0.15) is 30.4 Å². The lowest BCUT2D eigenvalue weighted by Gasteiger charge is -2.40. The molecule has 154 valence electrons. The number of anilines is 1. The van der Waals surface area contributed by atoms with Crippen molar-refractivity contribution in [2.75, 3.05) is 11.4 Å². The first kappa shape index (κ1) is 19.2. The van der Waals surface area contributed by atoms with E-state index < -0.39 is 0 Å². The third kappa shape index (κ3) is 3.47. The van der Waals surface area contributed by atoms with E-state index in [2.05, 4.69) is 11.4 Å². The summed E-state index contributed by atoms with van der Waals surface area (Å²) in [6, 6.07) is 15.3. The summed E-state index contributed by atoms with van der Waals surface area (Å²) >= 11 is 6.21. The molecule has 3 aliphatic rings. The number of halogens is 1. The molecular formula is C24H23ClN2O3. The van der Waals surface area contributed by atoms with E-state index in [-0.39, 0.29) is 35.6 Å². The predicted molar refractivity (Wildman–Crippen MR) is 116 cm³/mol. The van der Waals surface area contributed by atoms with Crippen molar-refractivity contribution < 1.29 is 14.3 Å². The maximum absolute atomic E-state index is 13.2. The van der Waals surface area contributed by atoms with Gasteiger partial charge in [0, 0.05) is 23.2 Å². The Balaban J connectivity index is 1.28. The Labute approximate surface area is 180 Å². The average molecular weight is 423 g/mol. The summed E-state index contributed by atoms with van der Waals surface area (Å²) in [6.45, 7) is 0.732. The molecular weight excluding hydrogens is 400 g/mol. The second-order valence-corrected chi connectivity index (χ2v) is 8.55. The zero-order chi connectivity index (χ0) is 20.7. The first-order chi connectivity index (χ1) is 14.6. The fourth-order valence-corrected chi connectivity index (χ4v) is 4.93. The molecule has 0 spiro atoms. The molecule has 5 rings (SSSR count). The predicted octanol–water partition coefficient (Wildman–Crippen LogP) is 3.95. The van der Waals surface area contributed by atoms with Gasteiger partial charge in [-0.1, -0.05) is 48.0 Å². The van der Waals surface area contributed by atoms with Crippen LogP contribution in [-0.2, 0) is 20.7 Å². The second-order valence-electron chi connectivity index (χ2n) is 8.14. The summed E-state index contributed by atoms with van der Waals surface area (Å²) in [5.74, 6) is 0.0823. The number of amides is 2. The molecule has 2 aromatic carbocycles. The van der Waals surface area contributed by atoms with Crippen molar-refractivity contribution in [3.8, 4) is 0 Å². The first-order valence-corrected chi connectivity index (χ1v) is 10.8. The molecule has 0 bridgehead atoms. The van der Waals surface area contributed by atoms with Gasteiger partial charge in [-0.2, -0.15) is 0 Å². The molecule has 0 aromatic heterocycles. The average Bonchev–Trinajstić information content (AvgIpc) is 3.19. The third-order valence-corrected chi connectivity index (χ3v) is 6.64. The molecule has 3 atom stereocenters. The van der Waals surface area contributed by atoms with Crippen molar-refractivity contribution in [2.45, 2.75) is 37.8 Å². The highest BCUT2D eigenvalue weighted by Crippen LogP contribution is 2.36. The van der Waals surface area contributed by atoms with Crippen LogP contribution in [0, 0.1) is 5.92 Å². The molecule has 1 saturated heterocycles. The monoisotopic (exact) mass is 422 g/mol. The van der Waals surface area contributed by atoms with Gasteiger partial charge in [-0.05, 0) is 55.0 Å². The number of ether oxygens (including phenoxy) is 1. The van der Waals surface area contributed by atoms with Gasteiger partial charge in [-0.3, -0.25) is 9.59 Å². The number of hydrogen-bond acceptors (Lipinski definition) is 3. The molecule has 2 fully saturated rings. The summed E-state index contributed by atoms with van der Waals surface area (Å²) in [5.41, 5.74) is 3.00. The lowest BCUT2D eigenvalue weighted by atomic mass is 9.82. The molecule has 2 aliphatic heterocycles. The van der Waals surface area contributed by atoms with E-state index in [1.165, 1.54) is 5.56 Å². The van der Waals surface area contributed by atoms with E-state index >= 15 is 0 Å². The number of carbonyl (C=O) groups is 2. The number of nitrogens with one attached hydrogen (secondary N) is 1. The van der Waals surface area contributed by atoms with Crippen LogP contribution in [0.2, 0.25) is 5.02 Å². The van der Waals surface area contributed by atoms with Gasteiger partial charge in [0.15, 0.2) is 5.76 Å². The number of para-hydroxylation sites is 1. The molecule has 3 unspecified atom stereocenters. The summed E-state index contributed by atoms with van der Waals surface area (Å²) < 4.78 is 6.04. The van der Waals surface area contributed by atoms with Crippen molar-refractivity contribution >= 4 is 35.2 Å². The number of carbonyl (C=O) groups excluding carboxylic acids is 2. The van der Waals surface area contributed by atoms with Crippen LogP contribution < -0.4 is 10.2 Å². The highest BCUT2D eigenvalue weighted by Gasteiger charge is 2.42. The van der Waals surface area contributed by atoms with Gasteiger partial charge in [-0.25, -0.2) is 0 Å². The van der Waals surface area contributed by atoms with E-state index in [1.54, 1.807) is 12.1 Å². The van der Waals surface area contributed by atoms with Crippen LogP contribution in [0.5, 0.6) is 0 Å². The van der Waals surface area contributed by atoms with E-state index in [0.29, 0.717) is 11.4 Å². The molecule has 2 aromatic rings. The van der Waals surface area contributed by atoms with Crippen LogP contribution in [0.4, 0.5) is 5.69 Å². The Morgan fingerprint density at radius 2 is 1.93 bits per heavy atom. The van der Waals surface area contributed by atoms with Gasteiger partial charge in [0.1, 0.15) is 6.10 Å². The molecule has 0 radical (unpaired) electrons. The largest absolute Gasteiger partial charge is 0.483 e. The van der Waals surface area contributed by atoms with Crippen molar-refractivity contribution in [1.82, 2.24) is 5.32 Å². The Hall–Kier alpha value is -2.79. The number of rotatable bonds is 2. The van der Waals surface area contributed by atoms with E-state index in [0.717, 1.165) is 37.1 Å². The number of hydrogen-bond donors (Lipinski definition) is 1. The lowest BCUT2D eigenvalue weighted by molar-refractivity contribution is -0.133. The highest BCUT2D eigenvalue weighted by molar-refractivity contribution is 6.32. The maximum atomic E-state index is 13.2. The first-order valence-electron chi connectivity index (χ1n) is 10.4. The second kappa shape index (κ2) is 7.80. The minimum atomic E-state index is -0.254. The smallest absolute Gasteiger partial charge is 0.286 e. The zero-order valence-corrected chi connectivity index (χ0v) is 17.3. The van der Waals surface area contributed by atoms with Crippen LogP contribution in [-0.4, -0.2) is 30.5 Å². The fraction of sp³-hybridized carbons (Fsp3) is 0.333. The Morgan fingerprint density at radius 3 is 2.80 bits per heavy atom. The maximum Gasteiger partial charge on any atom is 0.286 e. The normalized spacial score (nSPS) is 26.6. The van der Waals surface area contributed by atoms with Crippen LogP contribution in [0.3, 0.4) is 0 Å². The summed E-state index contributed by atoms with van der Waals surface area (Å²) in [7, 11) is 0. The number of morpholine rings is 1. The Kier molecular flexibility index (Phi) is 4.99. The van der Waals surface area contributed by atoms with Crippen LogP contribution in [0.15, 0.2) is 54.3 Å². The van der Waals surface area contributed by atoms with E-state index in [4.69, 9.17) is 16.3 Å². The summed E-state index contributed by atoms with van der Waals surface area (Å²) in [4.78, 5) is 27.7. The fourth-order valence-electron chi connectivity index (χ4n) is 4.74.